The fraction of sp³-hybridized carbons (Fsp3) is 0.167. The molecule has 0 atom stereocenters. The number of fused-ring (bicyclic) bond motifs is 1. The Labute approximate surface area is 134 Å². The summed E-state index contributed by atoms with van der Waals surface area (Å²) in [6.45, 7) is 5.74. The predicted molar refractivity (Wildman–Crippen MR) is 91.6 cm³/mol. The Morgan fingerprint density at radius 1 is 1.13 bits per heavy atom. The van der Waals surface area contributed by atoms with Gasteiger partial charge in [0.1, 0.15) is 5.75 Å². The number of anilines is 1. The zero-order chi connectivity index (χ0) is 16.9. The lowest BCUT2D eigenvalue weighted by Gasteiger charge is -2.13. The summed E-state index contributed by atoms with van der Waals surface area (Å²) in [5.74, 6) is -0.376. The van der Waals surface area contributed by atoms with E-state index in [4.69, 9.17) is 11.5 Å². The van der Waals surface area contributed by atoms with E-state index in [1.807, 2.05) is 49.6 Å². The highest BCUT2D eigenvalue weighted by Gasteiger charge is 2.23. The Kier molecular flexibility index (Phi) is 3.29. The van der Waals surface area contributed by atoms with E-state index in [0.717, 1.165) is 16.7 Å². The van der Waals surface area contributed by atoms with Crippen LogP contribution in [0.2, 0.25) is 0 Å². The molecule has 5 nitrogen and oxygen atoms in total. The third-order valence-corrected chi connectivity index (χ3v) is 4.25. The number of phenolic OH excluding ortho intramolecular Hbond substituents is 1. The molecule has 2 aromatic heterocycles. The molecular formula is C18H19N3O2. The first-order chi connectivity index (χ1) is 10.8. The van der Waals surface area contributed by atoms with Gasteiger partial charge in [0, 0.05) is 17.3 Å². The van der Waals surface area contributed by atoms with E-state index in [1.165, 1.54) is 0 Å². The van der Waals surface area contributed by atoms with Gasteiger partial charge in [-0.2, -0.15) is 0 Å². The van der Waals surface area contributed by atoms with Crippen LogP contribution in [0.25, 0.3) is 16.8 Å². The lowest BCUT2D eigenvalue weighted by Crippen LogP contribution is -2.12. The molecule has 3 aromatic rings. The molecule has 0 aliphatic rings. The summed E-state index contributed by atoms with van der Waals surface area (Å²) >= 11 is 0. The van der Waals surface area contributed by atoms with E-state index in [0.29, 0.717) is 28.0 Å². The first-order valence-electron chi connectivity index (χ1n) is 7.32. The van der Waals surface area contributed by atoms with Gasteiger partial charge < -0.3 is 21.0 Å². The van der Waals surface area contributed by atoms with Crippen molar-refractivity contribution in [1.29, 1.82) is 0 Å². The summed E-state index contributed by atoms with van der Waals surface area (Å²) in [6.07, 6.45) is 1.91. The molecule has 0 saturated heterocycles. The number of hydrogen-bond donors (Lipinski definition) is 3. The number of aromatic nitrogens is 1. The molecule has 0 bridgehead atoms. The van der Waals surface area contributed by atoms with Gasteiger partial charge in [-0.25, -0.2) is 0 Å². The summed E-state index contributed by atoms with van der Waals surface area (Å²) in [5.41, 5.74) is 17.3. The number of aromatic hydroxyl groups is 1. The maximum Gasteiger partial charge on any atom is 0.253 e. The van der Waals surface area contributed by atoms with Gasteiger partial charge in [-0.1, -0.05) is 12.1 Å². The number of carbonyl (C=O) groups is 1. The first-order valence-corrected chi connectivity index (χ1v) is 7.32. The highest BCUT2D eigenvalue weighted by molar-refractivity contribution is 6.09. The molecule has 5 heteroatoms. The van der Waals surface area contributed by atoms with Crippen molar-refractivity contribution >= 4 is 17.1 Å². The number of amides is 1. The van der Waals surface area contributed by atoms with Gasteiger partial charge in [0.2, 0.25) is 0 Å². The van der Waals surface area contributed by atoms with E-state index in [-0.39, 0.29) is 5.75 Å². The number of benzene rings is 1. The average molecular weight is 309 g/mol. The smallest absolute Gasteiger partial charge is 0.253 e. The Bertz CT molecular complexity index is 955. The van der Waals surface area contributed by atoms with E-state index in [1.54, 1.807) is 6.07 Å². The van der Waals surface area contributed by atoms with Crippen LogP contribution in [0.5, 0.6) is 5.75 Å². The maximum atomic E-state index is 11.9. The fourth-order valence-electron chi connectivity index (χ4n) is 3.10. The summed E-state index contributed by atoms with van der Waals surface area (Å²) < 4.78 is 1.87. The van der Waals surface area contributed by atoms with Crippen LogP contribution in [0, 0.1) is 20.8 Å². The molecule has 23 heavy (non-hydrogen) atoms. The number of nitrogens with two attached hydrogens (primary N) is 2. The third-order valence-electron chi connectivity index (χ3n) is 4.25. The van der Waals surface area contributed by atoms with E-state index >= 15 is 0 Å². The van der Waals surface area contributed by atoms with Crippen LogP contribution in [0.1, 0.15) is 27.0 Å². The van der Waals surface area contributed by atoms with Crippen LogP contribution in [0.4, 0.5) is 5.69 Å². The molecule has 5 N–H and O–H groups in total. The third kappa shape index (κ3) is 2.12. The number of aryl methyl sites for hydroxylation is 2. The highest BCUT2D eigenvalue weighted by Crippen LogP contribution is 2.39. The second-order valence-electron chi connectivity index (χ2n) is 5.86. The average Bonchev–Trinajstić information content (AvgIpc) is 2.76. The van der Waals surface area contributed by atoms with Crippen LogP contribution < -0.4 is 11.5 Å². The number of rotatable bonds is 2. The molecule has 0 unspecified atom stereocenters. The van der Waals surface area contributed by atoms with Crippen LogP contribution in [0.15, 0.2) is 30.5 Å². The van der Waals surface area contributed by atoms with Crippen molar-refractivity contribution in [3.8, 4) is 17.0 Å². The van der Waals surface area contributed by atoms with E-state index in [9.17, 15) is 9.90 Å². The fourth-order valence-corrected chi connectivity index (χ4v) is 3.10. The van der Waals surface area contributed by atoms with Gasteiger partial charge in [0.25, 0.3) is 5.91 Å². The van der Waals surface area contributed by atoms with E-state index < -0.39 is 5.91 Å². The summed E-state index contributed by atoms with van der Waals surface area (Å²) in [4.78, 5) is 11.9. The Balaban J connectivity index is 2.53. The van der Waals surface area contributed by atoms with Crippen molar-refractivity contribution in [2.45, 2.75) is 20.8 Å². The van der Waals surface area contributed by atoms with Crippen molar-refractivity contribution in [2.75, 3.05) is 5.73 Å². The number of primary amides is 1. The SMILES string of the molecule is Cc1ccc2c(C(N)=O)c(N)c(-c3c(C)ccc(O)c3C)n2c1. The topological polar surface area (TPSA) is 93.8 Å². The quantitative estimate of drug-likeness (QED) is 0.679. The normalized spacial score (nSPS) is 11.1. The first kappa shape index (κ1) is 15.0. The molecular weight excluding hydrogens is 290 g/mol. The van der Waals surface area contributed by atoms with Crippen molar-refractivity contribution < 1.29 is 9.90 Å². The maximum absolute atomic E-state index is 11.9. The minimum absolute atomic E-state index is 0.188. The van der Waals surface area contributed by atoms with Gasteiger partial charge in [0.05, 0.1) is 22.5 Å². The van der Waals surface area contributed by atoms with Crippen molar-refractivity contribution in [2.24, 2.45) is 5.73 Å². The number of carbonyl (C=O) groups excluding carboxylic acids is 1. The van der Waals surface area contributed by atoms with Crippen molar-refractivity contribution in [3.63, 3.8) is 0 Å². The van der Waals surface area contributed by atoms with Gasteiger partial charge >= 0.3 is 0 Å². The standard InChI is InChI=1S/C18H19N3O2/c1-9-4-6-12-15(18(20)23)16(19)17(21(12)8-9)14-10(2)5-7-13(22)11(14)3/h4-8,22H,19H2,1-3H3,(H2,20,23). The lowest BCUT2D eigenvalue weighted by molar-refractivity contribution is 0.100. The predicted octanol–water partition coefficient (Wildman–Crippen LogP) is 2.92. The number of pyridine rings is 1. The molecule has 0 saturated carbocycles. The molecule has 0 fully saturated rings. The molecule has 3 rings (SSSR count). The molecule has 0 spiro atoms. The second kappa shape index (κ2) is 5.05. The van der Waals surface area contributed by atoms with Crippen molar-refractivity contribution in [1.82, 2.24) is 4.40 Å². The largest absolute Gasteiger partial charge is 0.508 e. The van der Waals surface area contributed by atoms with Gasteiger partial charge in [-0.3, -0.25) is 4.79 Å². The van der Waals surface area contributed by atoms with Gasteiger partial charge in [0.15, 0.2) is 0 Å². The van der Waals surface area contributed by atoms with Crippen LogP contribution in [-0.4, -0.2) is 15.4 Å². The summed E-state index contributed by atoms with van der Waals surface area (Å²) in [7, 11) is 0. The number of nitrogens with zero attached hydrogens (tertiary/aromatic N) is 1. The highest BCUT2D eigenvalue weighted by atomic mass is 16.3. The van der Waals surface area contributed by atoms with Gasteiger partial charge in [-0.15, -0.1) is 0 Å². The van der Waals surface area contributed by atoms with Crippen LogP contribution in [0.3, 0.4) is 0 Å². The number of hydrogen-bond acceptors (Lipinski definition) is 3. The summed E-state index contributed by atoms with van der Waals surface area (Å²) in [5, 5.41) is 10.1. The van der Waals surface area contributed by atoms with Gasteiger partial charge in [-0.05, 0) is 44.0 Å². The second-order valence-corrected chi connectivity index (χ2v) is 5.86. The molecule has 1 amide bonds. The molecule has 2 heterocycles. The monoisotopic (exact) mass is 309 g/mol. The number of nitrogen functional groups attached to an aromatic ring is 1. The van der Waals surface area contributed by atoms with Crippen LogP contribution >= 0.6 is 0 Å². The Morgan fingerprint density at radius 2 is 1.83 bits per heavy atom. The number of phenols is 1. The molecule has 118 valence electrons. The Hall–Kier alpha value is -2.95. The molecule has 1 aromatic carbocycles. The minimum atomic E-state index is -0.564. The van der Waals surface area contributed by atoms with E-state index in [2.05, 4.69) is 0 Å². The Morgan fingerprint density at radius 3 is 2.48 bits per heavy atom. The zero-order valence-corrected chi connectivity index (χ0v) is 13.3. The molecule has 0 aliphatic carbocycles. The van der Waals surface area contributed by atoms with Crippen LogP contribution in [-0.2, 0) is 0 Å². The minimum Gasteiger partial charge on any atom is -0.508 e. The lowest BCUT2D eigenvalue weighted by atomic mass is 9.97. The molecule has 0 aliphatic heterocycles. The van der Waals surface area contributed by atoms with Crippen molar-refractivity contribution in [3.05, 3.63) is 52.7 Å². The molecule has 0 radical (unpaired) electrons. The summed E-state index contributed by atoms with van der Waals surface area (Å²) in [6, 6.07) is 7.23. The zero-order valence-electron chi connectivity index (χ0n) is 13.3.